The van der Waals surface area contributed by atoms with Gasteiger partial charge in [-0.2, -0.15) is 0 Å². The topological polar surface area (TPSA) is 36.4 Å². The first-order valence-electron chi connectivity index (χ1n) is 11.3. The fourth-order valence-electron chi connectivity index (χ4n) is 4.52. The summed E-state index contributed by atoms with van der Waals surface area (Å²) >= 11 is 1.69. The molecule has 0 amide bonds. The average molecular weight is 457 g/mol. The van der Waals surface area contributed by atoms with Crippen molar-refractivity contribution >= 4 is 11.3 Å². The highest BCUT2D eigenvalue weighted by Gasteiger charge is 2.41. The smallest absolute Gasteiger partial charge is 0.132 e. The number of hydrogen-bond donors (Lipinski definition) is 1. The Morgan fingerprint density at radius 3 is 2.62 bits per heavy atom. The number of aliphatic hydroxyl groups is 1. The van der Waals surface area contributed by atoms with E-state index in [9.17, 15) is 13.9 Å². The van der Waals surface area contributed by atoms with Gasteiger partial charge < -0.3 is 5.11 Å². The Kier molecular flexibility index (Phi) is 6.75. The number of unbranched alkanes of at least 4 members (excludes halogenated alkanes) is 1. The maximum atomic E-state index is 14.7. The summed E-state index contributed by atoms with van der Waals surface area (Å²) in [5.41, 5.74) is 2.22. The van der Waals surface area contributed by atoms with Gasteiger partial charge in [-0.1, -0.05) is 55.7 Å². The number of benzene rings is 2. The molecule has 0 spiro atoms. The van der Waals surface area contributed by atoms with Crippen molar-refractivity contribution in [1.82, 2.24) is 9.88 Å². The Balaban J connectivity index is 1.60. The van der Waals surface area contributed by atoms with Crippen molar-refractivity contribution in [2.24, 2.45) is 0 Å². The van der Waals surface area contributed by atoms with Gasteiger partial charge in [-0.25, -0.2) is 13.8 Å². The van der Waals surface area contributed by atoms with E-state index < -0.39 is 17.2 Å². The second-order valence-electron chi connectivity index (χ2n) is 8.80. The van der Waals surface area contributed by atoms with E-state index in [2.05, 4.69) is 36.1 Å². The number of hydrogen-bond acceptors (Lipinski definition) is 4. The highest BCUT2D eigenvalue weighted by Crippen LogP contribution is 2.39. The fraction of sp³-hybridized carbons (Fsp3) is 0.423. The minimum absolute atomic E-state index is 0.176. The molecule has 1 aliphatic heterocycles. The maximum absolute atomic E-state index is 14.7. The standard InChI is InChI=1S/C26H30F2N2OS/c1-4-5-13-26(31,21-11-10-20(27)15-22(21)28)18(3)30-14-12-23-24(16-30)32-25(29-23)19-8-6-17(2)7-9-19/h6-11,15,18,31H,4-5,12-14,16H2,1-3H3. The summed E-state index contributed by atoms with van der Waals surface area (Å²) in [6.45, 7) is 7.47. The van der Waals surface area contributed by atoms with Crippen LogP contribution in [0.1, 0.15) is 54.8 Å². The van der Waals surface area contributed by atoms with E-state index in [-0.39, 0.29) is 11.6 Å². The van der Waals surface area contributed by atoms with Crippen molar-refractivity contribution in [3.05, 3.63) is 75.8 Å². The Bertz CT molecular complexity index is 1080. The Morgan fingerprint density at radius 2 is 1.94 bits per heavy atom. The Labute approximate surface area is 192 Å². The third kappa shape index (κ3) is 4.49. The number of thiazole rings is 1. The van der Waals surface area contributed by atoms with E-state index in [1.165, 1.54) is 22.6 Å². The molecule has 0 aliphatic carbocycles. The molecule has 1 aromatic heterocycles. The van der Waals surface area contributed by atoms with Crippen LogP contribution >= 0.6 is 11.3 Å². The summed E-state index contributed by atoms with van der Waals surface area (Å²) in [6.07, 6.45) is 2.86. The zero-order valence-electron chi connectivity index (χ0n) is 18.9. The van der Waals surface area contributed by atoms with E-state index >= 15 is 0 Å². The number of rotatable bonds is 7. The van der Waals surface area contributed by atoms with Crippen LogP contribution in [0.3, 0.4) is 0 Å². The van der Waals surface area contributed by atoms with E-state index in [0.717, 1.165) is 48.1 Å². The van der Waals surface area contributed by atoms with Gasteiger partial charge in [0.2, 0.25) is 0 Å². The highest BCUT2D eigenvalue weighted by atomic mass is 32.1. The predicted octanol–water partition coefficient (Wildman–Crippen LogP) is 6.22. The molecular formula is C26H30F2N2OS. The van der Waals surface area contributed by atoms with E-state index in [1.807, 2.05) is 13.8 Å². The first kappa shape index (κ1) is 23.0. The molecule has 2 atom stereocenters. The van der Waals surface area contributed by atoms with Crippen LogP contribution in [-0.2, 0) is 18.6 Å². The van der Waals surface area contributed by atoms with Gasteiger partial charge in [0.05, 0.1) is 5.69 Å². The first-order chi connectivity index (χ1) is 15.3. The van der Waals surface area contributed by atoms with Crippen LogP contribution < -0.4 is 0 Å². The van der Waals surface area contributed by atoms with Crippen molar-refractivity contribution < 1.29 is 13.9 Å². The summed E-state index contributed by atoms with van der Waals surface area (Å²) < 4.78 is 28.3. The lowest BCUT2D eigenvalue weighted by Crippen LogP contribution is -2.51. The predicted molar refractivity (Wildman–Crippen MR) is 126 cm³/mol. The minimum Gasteiger partial charge on any atom is -0.383 e. The molecule has 0 radical (unpaired) electrons. The number of fused-ring (bicyclic) bond motifs is 1. The fourth-order valence-corrected chi connectivity index (χ4v) is 5.66. The number of halogens is 2. The van der Waals surface area contributed by atoms with Crippen LogP contribution in [0, 0.1) is 18.6 Å². The minimum atomic E-state index is -1.39. The van der Waals surface area contributed by atoms with Gasteiger partial charge in [-0.15, -0.1) is 11.3 Å². The van der Waals surface area contributed by atoms with Gasteiger partial charge in [0.25, 0.3) is 0 Å². The third-order valence-electron chi connectivity index (χ3n) is 6.61. The normalized spacial score (nSPS) is 17.1. The number of aryl methyl sites for hydroxylation is 1. The molecule has 3 aromatic rings. The summed E-state index contributed by atoms with van der Waals surface area (Å²) in [5.74, 6) is -1.32. The van der Waals surface area contributed by atoms with Gasteiger partial charge >= 0.3 is 0 Å². The average Bonchev–Trinajstić information content (AvgIpc) is 3.20. The SMILES string of the molecule is CCCCC(O)(c1ccc(F)cc1F)C(C)N1CCc2nc(-c3ccc(C)cc3)sc2C1. The molecule has 0 saturated heterocycles. The maximum Gasteiger partial charge on any atom is 0.132 e. The van der Waals surface area contributed by atoms with Gasteiger partial charge in [0.15, 0.2) is 0 Å². The molecule has 0 bridgehead atoms. The van der Waals surface area contributed by atoms with Crippen LogP contribution in [0.25, 0.3) is 10.6 Å². The number of nitrogens with zero attached hydrogens (tertiary/aromatic N) is 2. The molecule has 32 heavy (non-hydrogen) atoms. The Hall–Kier alpha value is -2.15. The molecule has 3 nitrogen and oxygen atoms in total. The molecule has 4 rings (SSSR count). The molecule has 0 saturated carbocycles. The van der Waals surface area contributed by atoms with Crippen molar-refractivity contribution in [3.8, 4) is 10.6 Å². The first-order valence-corrected chi connectivity index (χ1v) is 12.1. The molecule has 2 aromatic carbocycles. The summed E-state index contributed by atoms with van der Waals surface area (Å²) in [6, 6.07) is 11.5. The molecular weight excluding hydrogens is 426 g/mol. The van der Waals surface area contributed by atoms with Crippen LogP contribution in [0.5, 0.6) is 0 Å². The Morgan fingerprint density at radius 1 is 1.19 bits per heavy atom. The molecule has 2 heterocycles. The number of aromatic nitrogens is 1. The van der Waals surface area contributed by atoms with Crippen LogP contribution in [0.15, 0.2) is 42.5 Å². The second kappa shape index (κ2) is 9.38. The quantitative estimate of drug-likeness (QED) is 0.458. The zero-order valence-corrected chi connectivity index (χ0v) is 19.7. The summed E-state index contributed by atoms with van der Waals surface area (Å²) in [4.78, 5) is 8.26. The summed E-state index contributed by atoms with van der Waals surface area (Å²) in [7, 11) is 0. The molecule has 1 N–H and O–H groups in total. The van der Waals surface area contributed by atoms with Crippen molar-refractivity contribution in [2.75, 3.05) is 6.54 Å². The lowest BCUT2D eigenvalue weighted by Gasteiger charge is -2.43. The molecule has 6 heteroatoms. The van der Waals surface area contributed by atoms with Crippen LogP contribution in [0.4, 0.5) is 8.78 Å². The van der Waals surface area contributed by atoms with Crippen molar-refractivity contribution in [1.29, 1.82) is 0 Å². The van der Waals surface area contributed by atoms with Gasteiger partial charge in [0, 0.05) is 47.6 Å². The van der Waals surface area contributed by atoms with E-state index in [1.54, 1.807) is 11.3 Å². The van der Waals surface area contributed by atoms with Crippen LogP contribution in [-0.4, -0.2) is 27.6 Å². The van der Waals surface area contributed by atoms with Gasteiger partial charge in [-0.05, 0) is 26.3 Å². The van der Waals surface area contributed by atoms with E-state index in [4.69, 9.17) is 4.98 Å². The molecule has 0 fully saturated rings. The molecule has 2 unspecified atom stereocenters. The van der Waals surface area contributed by atoms with Gasteiger partial charge in [0.1, 0.15) is 22.2 Å². The van der Waals surface area contributed by atoms with Gasteiger partial charge in [-0.3, -0.25) is 4.90 Å². The molecule has 170 valence electrons. The lowest BCUT2D eigenvalue weighted by molar-refractivity contribution is -0.0606. The van der Waals surface area contributed by atoms with Crippen molar-refractivity contribution in [2.45, 2.75) is 64.6 Å². The third-order valence-corrected chi connectivity index (χ3v) is 7.74. The largest absolute Gasteiger partial charge is 0.383 e. The highest BCUT2D eigenvalue weighted by molar-refractivity contribution is 7.15. The lowest BCUT2D eigenvalue weighted by atomic mass is 9.81. The zero-order chi connectivity index (χ0) is 22.9. The van der Waals surface area contributed by atoms with Crippen molar-refractivity contribution in [3.63, 3.8) is 0 Å². The van der Waals surface area contributed by atoms with E-state index in [0.29, 0.717) is 13.0 Å². The second-order valence-corrected chi connectivity index (χ2v) is 9.89. The monoisotopic (exact) mass is 456 g/mol. The molecule has 1 aliphatic rings. The summed E-state index contributed by atoms with van der Waals surface area (Å²) in [5, 5.41) is 12.8. The van der Waals surface area contributed by atoms with Crippen LogP contribution in [0.2, 0.25) is 0 Å².